The Bertz CT molecular complexity index is 1020. The predicted molar refractivity (Wildman–Crippen MR) is 93.6 cm³/mol. The van der Waals surface area contributed by atoms with E-state index < -0.39 is 11.7 Å². The standard InChI is InChI=1S/C18H14F2N2O3S/c1-11-6-7-22-15(8-11)21-12(9-16(22)23)10-25-17(24)13-4-2-3-5-14(13)26-18(19)20/h2-9,18H,10H2,1H3. The van der Waals surface area contributed by atoms with Crippen molar-refractivity contribution in [3.63, 3.8) is 0 Å². The quantitative estimate of drug-likeness (QED) is 0.502. The van der Waals surface area contributed by atoms with Crippen molar-refractivity contribution in [1.82, 2.24) is 9.38 Å². The second kappa shape index (κ2) is 7.65. The highest BCUT2D eigenvalue weighted by Crippen LogP contribution is 2.28. The molecule has 0 N–H and O–H groups in total. The maximum absolute atomic E-state index is 12.6. The fraction of sp³-hybridized carbons (Fsp3) is 0.167. The van der Waals surface area contributed by atoms with Crippen molar-refractivity contribution in [3.8, 4) is 0 Å². The maximum atomic E-state index is 12.6. The van der Waals surface area contributed by atoms with Crippen LogP contribution in [0.1, 0.15) is 21.6 Å². The van der Waals surface area contributed by atoms with Crippen molar-refractivity contribution in [2.24, 2.45) is 0 Å². The molecule has 0 aliphatic rings. The second-order valence-electron chi connectivity index (χ2n) is 5.47. The lowest BCUT2D eigenvalue weighted by Crippen LogP contribution is -2.16. The van der Waals surface area contributed by atoms with Crippen molar-refractivity contribution in [3.05, 3.63) is 75.8 Å². The number of ether oxygens (including phenoxy) is 1. The number of fused-ring (bicyclic) bond motifs is 1. The van der Waals surface area contributed by atoms with Crippen LogP contribution < -0.4 is 5.56 Å². The zero-order valence-corrected chi connectivity index (χ0v) is 14.5. The highest BCUT2D eigenvalue weighted by molar-refractivity contribution is 7.99. The van der Waals surface area contributed by atoms with Gasteiger partial charge in [-0.15, -0.1) is 0 Å². The van der Waals surface area contributed by atoms with Gasteiger partial charge in [-0.05, 0) is 36.8 Å². The van der Waals surface area contributed by atoms with E-state index in [1.54, 1.807) is 30.5 Å². The average molecular weight is 376 g/mol. The van der Waals surface area contributed by atoms with Crippen LogP contribution in [0.3, 0.4) is 0 Å². The summed E-state index contributed by atoms with van der Waals surface area (Å²) in [6.45, 7) is 1.64. The number of aromatic nitrogens is 2. The highest BCUT2D eigenvalue weighted by atomic mass is 32.2. The van der Waals surface area contributed by atoms with Gasteiger partial charge in [0.2, 0.25) is 0 Å². The van der Waals surface area contributed by atoms with Crippen molar-refractivity contribution in [2.75, 3.05) is 0 Å². The molecule has 0 spiro atoms. The number of thioether (sulfide) groups is 1. The highest BCUT2D eigenvalue weighted by Gasteiger charge is 2.16. The van der Waals surface area contributed by atoms with E-state index in [0.29, 0.717) is 5.65 Å². The molecular weight excluding hydrogens is 362 g/mol. The Hall–Kier alpha value is -2.74. The van der Waals surface area contributed by atoms with E-state index in [9.17, 15) is 18.4 Å². The summed E-state index contributed by atoms with van der Waals surface area (Å²) in [6.07, 6.45) is 1.62. The molecule has 0 saturated carbocycles. The molecule has 26 heavy (non-hydrogen) atoms. The number of carbonyl (C=O) groups excluding carboxylic acids is 1. The molecule has 2 heterocycles. The summed E-state index contributed by atoms with van der Waals surface area (Å²) < 4.78 is 31.8. The summed E-state index contributed by atoms with van der Waals surface area (Å²) in [5.41, 5.74) is 1.41. The number of carbonyl (C=O) groups is 1. The van der Waals surface area contributed by atoms with E-state index in [4.69, 9.17) is 4.74 Å². The van der Waals surface area contributed by atoms with E-state index >= 15 is 0 Å². The minimum atomic E-state index is -2.64. The smallest absolute Gasteiger partial charge is 0.339 e. The van der Waals surface area contributed by atoms with Crippen molar-refractivity contribution in [2.45, 2.75) is 24.2 Å². The van der Waals surface area contributed by atoms with Crippen LogP contribution in [0.5, 0.6) is 0 Å². The van der Waals surface area contributed by atoms with Crippen molar-refractivity contribution in [1.29, 1.82) is 0 Å². The molecule has 0 amide bonds. The molecule has 0 unspecified atom stereocenters. The van der Waals surface area contributed by atoms with Gasteiger partial charge in [-0.2, -0.15) is 8.78 Å². The Labute approximate surface area is 151 Å². The number of pyridine rings is 1. The minimum Gasteiger partial charge on any atom is -0.456 e. The third-order valence-corrected chi connectivity index (χ3v) is 4.34. The van der Waals surface area contributed by atoms with Gasteiger partial charge in [0.15, 0.2) is 0 Å². The summed E-state index contributed by atoms with van der Waals surface area (Å²) in [5, 5.41) is 0. The van der Waals surface area contributed by atoms with Gasteiger partial charge in [0, 0.05) is 17.2 Å². The Kier molecular flexibility index (Phi) is 5.32. The van der Waals surface area contributed by atoms with E-state index in [1.165, 1.54) is 22.6 Å². The van der Waals surface area contributed by atoms with Crippen LogP contribution in [0.4, 0.5) is 8.78 Å². The number of benzene rings is 1. The van der Waals surface area contributed by atoms with Crippen molar-refractivity contribution >= 4 is 23.4 Å². The first kappa shape index (κ1) is 18.1. The van der Waals surface area contributed by atoms with Gasteiger partial charge >= 0.3 is 5.97 Å². The Morgan fingerprint density at radius 3 is 2.81 bits per heavy atom. The third-order valence-electron chi connectivity index (χ3n) is 3.55. The molecule has 0 atom stereocenters. The Balaban J connectivity index is 1.80. The summed E-state index contributed by atoms with van der Waals surface area (Å²) in [5.74, 6) is -3.39. The number of hydrogen-bond acceptors (Lipinski definition) is 5. The molecule has 0 fully saturated rings. The number of hydrogen-bond donors (Lipinski definition) is 0. The van der Waals surface area contributed by atoms with Gasteiger partial charge in [-0.1, -0.05) is 23.9 Å². The maximum Gasteiger partial charge on any atom is 0.339 e. The minimum absolute atomic E-state index is 0.0474. The monoisotopic (exact) mass is 376 g/mol. The van der Waals surface area contributed by atoms with E-state index in [1.807, 2.05) is 6.92 Å². The molecule has 8 heteroatoms. The summed E-state index contributed by atoms with van der Waals surface area (Å²) in [7, 11) is 0. The molecule has 0 bridgehead atoms. The van der Waals surface area contributed by atoms with Crippen LogP contribution in [0.15, 0.2) is 58.4 Å². The van der Waals surface area contributed by atoms with Crippen LogP contribution in [0.2, 0.25) is 0 Å². The predicted octanol–water partition coefficient (Wildman–Crippen LogP) is 3.67. The second-order valence-corrected chi connectivity index (χ2v) is 6.50. The molecule has 0 radical (unpaired) electrons. The van der Waals surface area contributed by atoms with E-state index in [0.717, 1.165) is 5.56 Å². The molecule has 5 nitrogen and oxygen atoms in total. The number of nitrogens with zero attached hydrogens (tertiary/aromatic N) is 2. The lowest BCUT2D eigenvalue weighted by molar-refractivity contribution is 0.0463. The molecule has 2 aromatic heterocycles. The van der Waals surface area contributed by atoms with Gasteiger partial charge in [0.05, 0.1) is 11.3 Å². The largest absolute Gasteiger partial charge is 0.456 e. The first-order chi connectivity index (χ1) is 12.4. The first-order valence-corrected chi connectivity index (χ1v) is 8.52. The fourth-order valence-corrected chi connectivity index (χ4v) is 3.01. The zero-order valence-electron chi connectivity index (χ0n) is 13.7. The molecule has 0 aliphatic heterocycles. The topological polar surface area (TPSA) is 60.7 Å². The fourth-order valence-electron chi connectivity index (χ4n) is 2.38. The Morgan fingerprint density at radius 2 is 2.04 bits per heavy atom. The molecule has 3 rings (SSSR count). The van der Waals surface area contributed by atoms with Crippen LogP contribution in [0.25, 0.3) is 5.65 Å². The van der Waals surface area contributed by atoms with E-state index in [2.05, 4.69) is 4.98 Å². The van der Waals surface area contributed by atoms with Crippen LogP contribution >= 0.6 is 11.8 Å². The number of halogens is 2. The number of aryl methyl sites for hydroxylation is 1. The van der Waals surface area contributed by atoms with Crippen molar-refractivity contribution < 1.29 is 18.3 Å². The van der Waals surface area contributed by atoms with Gasteiger partial charge in [-0.25, -0.2) is 9.78 Å². The SMILES string of the molecule is Cc1ccn2c(=O)cc(COC(=O)c3ccccc3SC(F)F)nc2c1. The first-order valence-electron chi connectivity index (χ1n) is 7.64. The normalized spacial score (nSPS) is 11.1. The molecule has 0 saturated heterocycles. The number of alkyl halides is 2. The zero-order chi connectivity index (χ0) is 18.7. The average Bonchev–Trinajstić information content (AvgIpc) is 2.59. The van der Waals surface area contributed by atoms with E-state index in [-0.39, 0.29) is 40.1 Å². The lowest BCUT2D eigenvalue weighted by atomic mass is 10.2. The summed E-state index contributed by atoms with van der Waals surface area (Å²) in [6, 6.07) is 10.8. The third kappa shape index (κ3) is 4.08. The van der Waals surface area contributed by atoms with Gasteiger partial charge in [0.1, 0.15) is 12.3 Å². The van der Waals surface area contributed by atoms with Gasteiger partial charge < -0.3 is 4.74 Å². The lowest BCUT2D eigenvalue weighted by Gasteiger charge is -2.09. The molecule has 1 aromatic carbocycles. The van der Waals surface area contributed by atoms with Gasteiger partial charge in [-0.3, -0.25) is 9.20 Å². The summed E-state index contributed by atoms with van der Waals surface area (Å²) >= 11 is 0.278. The summed E-state index contributed by atoms with van der Waals surface area (Å²) in [4.78, 5) is 28.8. The van der Waals surface area contributed by atoms with Crippen LogP contribution in [-0.4, -0.2) is 21.1 Å². The van der Waals surface area contributed by atoms with Gasteiger partial charge in [0.25, 0.3) is 11.3 Å². The Morgan fingerprint density at radius 1 is 1.27 bits per heavy atom. The van der Waals surface area contributed by atoms with Crippen LogP contribution in [-0.2, 0) is 11.3 Å². The number of esters is 1. The molecule has 134 valence electrons. The van der Waals surface area contributed by atoms with Crippen LogP contribution in [0, 0.1) is 6.92 Å². The number of rotatable bonds is 5. The molecular formula is C18H14F2N2O3S. The molecule has 3 aromatic rings. The molecule has 0 aliphatic carbocycles.